The number of alkyl halides is 3. The molecule has 8 heteroatoms. The zero-order chi connectivity index (χ0) is 15.0. The molecule has 2 fully saturated rings. The summed E-state index contributed by atoms with van der Waals surface area (Å²) in [5.41, 5.74) is -0.850. The fourth-order valence-corrected chi connectivity index (χ4v) is 3.74. The molecule has 1 amide bonds. The van der Waals surface area contributed by atoms with Crippen LogP contribution in [0.2, 0.25) is 0 Å². The third-order valence-electron chi connectivity index (χ3n) is 4.01. The van der Waals surface area contributed by atoms with Crippen LogP contribution in [0.4, 0.5) is 18.3 Å². The van der Waals surface area contributed by atoms with Gasteiger partial charge in [0, 0.05) is 31.6 Å². The minimum Gasteiger partial charge on any atom is -0.347 e. The predicted octanol–water partition coefficient (Wildman–Crippen LogP) is 2.61. The summed E-state index contributed by atoms with van der Waals surface area (Å²) < 4.78 is 37.7. The number of carbonyl (C=O) groups excluding carboxylic acids is 1. The number of rotatable bonds is 2. The Morgan fingerprint density at radius 1 is 1.29 bits per heavy atom. The van der Waals surface area contributed by atoms with Crippen LogP contribution in [0, 0.1) is 5.92 Å². The summed E-state index contributed by atoms with van der Waals surface area (Å²) >= 11 is 0.990. The summed E-state index contributed by atoms with van der Waals surface area (Å²) in [6.07, 6.45) is -1.62. The number of carbonyl (C=O) groups is 1. The van der Waals surface area contributed by atoms with E-state index in [9.17, 15) is 18.0 Å². The molecule has 2 saturated heterocycles. The van der Waals surface area contributed by atoms with Crippen LogP contribution >= 0.6 is 11.3 Å². The molecule has 21 heavy (non-hydrogen) atoms. The number of amides is 1. The molecule has 1 atom stereocenters. The zero-order valence-electron chi connectivity index (χ0n) is 11.4. The molecule has 0 spiro atoms. The lowest BCUT2D eigenvalue weighted by Crippen LogP contribution is -2.35. The highest BCUT2D eigenvalue weighted by Gasteiger charge is 2.37. The first kappa shape index (κ1) is 14.6. The Labute approximate surface area is 124 Å². The van der Waals surface area contributed by atoms with Gasteiger partial charge in [-0.05, 0) is 19.3 Å². The molecule has 116 valence electrons. The Balaban J connectivity index is 1.64. The quantitative estimate of drug-likeness (QED) is 0.841. The van der Waals surface area contributed by atoms with Crippen molar-refractivity contribution in [3.8, 4) is 0 Å². The van der Waals surface area contributed by atoms with Crippen molar-refractivity contribution in [2.75, 3.05) is 31.1 Å². The Bertz CT molecular complexity index is 525. The van der Waals surface area contributed by atoms with Crippen molar-refractivity contribution in [1.82, 2.24) is 9.88 Å². The maximum Gasteiger partial charge on any atom is 0.434 e. The van der Waals surface area contributed by atoms with Crippen molar-refractivity contribution in [2.45, 2.75) is 25.4 Å². The second-order valence-electron chi connectivity index (χ2n) is 5.48. The van der Waals surface area contributed by atoms with Crippen LogP contribution in [0.1, 0.15) is 25.0 Å². The second kappa shape index (κ2) is 5.47. The van der Waals surface area contributed by atoms with Gasteiger partial charge in [0.05, 0.1) is 5.92 Å². The van der Waals surface area contributed by atoms with Crippen molar-refractivity contribution < 1.29 is 18.0 Å². The fourth-order valence-electron chi connectivity index (χ4n) is 2.87. The summed E-state index contributed by atoms with van der Waals surface area (Å²) in [6, 6.07) is 0. The zero-order valence-corrected chi connectivity index (χ0v) is 12.2. The molecule has 1 unspecified atom stereocenters. The molecule has 0 N–H and O–H groups in total. The number of hydrogen-bond donors (Lipinski definition) is 0. The van der Waals surface area contributed by atoms with Crippen molar-refractivity contribution in [3.05, 3.63) is 11.1 Å². The van der Waals surface area contributed by atoms with E-state index in [4.69, 9.17) is 0 Å². The summed E-state index contributed by atoms with van der Waals surface area (Å²) in [5.74, 6) is 0.0314. The van der Waals surface area contributed by atoms with Crippen LogP contribution in [-0.2, 0) is 11.0 Å². The molecule has 2 aliphatic heterocycles. The molecule has 0 aliphatic carbocycles. The molecular weight excluding hydrogens is 303 g/mol. The molecule has 0 radical (unpaired) electrons. The first-order chi connectivity index (χ1) is 9.95. The Morgan fingerprint density at radius 3 is 2.62 bits per heavy atom. The topological polar surface area (TPSA) is 36.4 Å². The van der Waals surface area contributed by atoms with Crippen LogP contribution in [0.3, 0.4) is 0 Å². The monoisotopic (exact) mass is 319 g/mol. The van der Waals surface area contributed by atoms with Crippen LogP contribution in [0.5, 0.6) is 0 Å². The SMILES string of the molecule is O=C(C1CCN(c2nc(C(F)(F)F)cs2)C1)N1CCCC1. The smallest absolute Gasteiger partial charge is 0.347 e. The van der Waals surface area contributed by atoms with E-state index in [1.807, 2.05) is 4.90 Å². The lowest BCUT2D eigenvalue weighted by Gasteiger charge is -2.20. The van der Waals surface area contributed by atoms with Gasteiger partial charge in [0.25, 0.3) is 0 Å². The van der Waals surface area contributed by atoms with E-state index in [-0.39, 0.29) is 11.8 Å². The highest BCUT2D eigenvalue weighted by molar-refractivity contribution is 7.13. The summed E-state index contributed by atoms with van der Waals surface area (Å²) in [7, 11) is 0. The summed E-state index contributed by atoms with van der Waals surface area (Å²) in [5, 5.41) is 1.39. The predicted molar refractivity (Wildman–Crippen MR) is 73.3 cm³/mol. The van der Waals surface area contributed by atoms with E-state index in [1.54, 1.807) is 4.90 Å². The van der Waals surface area contributed by atoms with Gasteiger partial charge in [-0.3, -0.25) is 4.79 Å². The van der Waals surface area contributed by atoms with Gasteiger partial charge >= 0.3 is 6.18 Å². The largest absolute Gasteiger partial charge is 0.434 e. The molecule has 3 rings (SSSR count). The highest BCUT2D eigenvalue weighted by Crippen LogP contribution is 2.35. The highest BCUT2D eigenvalue weighted by atomic mass is 32.1. The number of thiazole rings is 1. The normalized spacial score (nSPS) is 23.1. The third-order valence-corrected chi connectivity index (χ3v) is 4.91. The second-order valence-corrected chi connectivity index (χ2v) is 6.31. The number of halogens is 3. The molecule has 2 aliphatic rings. The summed E-state index contributed by atoms with van der Waals surface area (Å²) in [6.45, 7) is 2.69. The van der Waals surface area contributed by atoms with E-state index >= 15 is 0 Å². The molecule has 0 bridgehead atoms. The van der Waals surface area contributed by atoms with Crippen LogP contribution < -0.4 is 4.90 Å². The average Bonchev–Trinajstić information content (AvgIpc) is 3.17. The minimum absolute atomic E-state index is 0.110. The van der Waals surface area contributed by atoms with Crippen molar-refractivity contribution in [2.24, 2.45) is 5.92 Å². The van der Waals surface area contributed by atoms with Crippen molar-refractivity contribution in [1.29, 1.82) is 0 Å². The van der Waals surface area contributed by atoms with E-state index in [1.165, 1.54) is 0 Å². The van der Waals surface area contributed by atoms with Gasteiger partial charge in [0.1, 0.15) is 0 Å². The third kappa shape index (κ3) is 3.00. The van der Waals surface area contributed by atoms with Gasteiger partial charge in [-0.2, -0.15) is 13.2 Å². The number of anilines is 1. The van der Waals surface area contributed by atoms with Gasteiger partial charge in [-0.15, -0.1) is 11.3 Å². The van der Waals surface area contributed by atoms with E-state index in [2.05, 4.69) is 4.98 Å². The van der Waals surface area contributed by atoms with Crippen molar-refractivity contribution >= 4 is 22.4 Å². The number of likely N-dealkylation sites (tertiary alicyclic amines) is 1. The van der Waals surface area contributed by atoms with Crippen LogP contribution in [0.15, 0.2) is 5.38 Å². The average molecular weight is 319 g/mol. The van der Waals surface area contributed by atoms with E-state index < -0.39 is 11.9 Å². The van der Waals surface area contributed by atoms with Gasteiger partial charge < -0.3 is 9.80 Å². The number of hydrogen-bond acceptors (Lipinski definition) is 4. The maximum atomic E-state index is 12.6. The minimum atomic E-state index is -4.40. The molecule has 1 aromatic heterocycles. The summed E-state index contributed by atoms with van der Waals surface area (Å²) in [4.78, 5) is 19.6. The number of aromatic nitrogens is 1. The lowest BCUT2D eigenvalue weighted by molar-refractivity contribution is -0.140. The fraction of sp³-hybridized carbons (Fsp3) is 0.692. The molecule has 0 aromatic carbocycles. The van der Waals surface area contributed by atoms with Gasteiger partial charge in [0.15, 0.2) is 10.8 Å². The Hall–Kier alpha value is -1.31. The first-order valence-electron chi connectivity index (χ1n) is 7.01. The number of nitrogens with zero attached hydrogens (tertiary/aromatic N) is 3. The molecule has 1 aromatic rings. The Morgan fingerprint density at radius 2 is 2.00 bits per heavy atom. The Kier molecular flexibility index (Phi) is 3.81. The van der Waals surface area contributed by atoms with E-state index in [0.717, 1.165) is 42.6 Å². The van der Waals surface area contributed by atoms with Crippen molar-refractivity contribution in [3.63, 3.8) is 0 Å². The molecular formula is C13H16F3N3OS. The molecule has 3 heterocycles. The molecule has 0 saturated carbocycles. The standard InChI is InChI=1S/C13H16F3N3OS/c14-13(15,16)10-8-21-12(17-10)19-6-3-9(7-19)11(20)18-4-1-2-5-18/h8-9H,1-7H2. The maximum absolute atomic E-state index is 12.6. The molecule has 4 nitrogen and oxygen atoms in total. The van der Waals surface area contributed by atoms with Crippen LogP contribution in [0.25, 0.3) is 0 Å². The van der Waals surface area contributed by atoms with E-state index in [0.29, 0.717) is 24.6 Å². The van der Waals surface area contributed by atoms with Gasteiger partial charge in [-0.1, -0.05) is 0 Å². The van der Waals surface area contributed by atoms with Crippen LogP contribution in [-0.4, -0.2) is 42.0 Å². The van der Waals surface area contributed by atoms with Gasteiger partial charge in [-0.25, -0.2) is 4.98 Å². The first-order valence-corrected chi connectivity index (χ1v) is 7.89. The lowest BCUT2D eigenvalue weighted by atomic mass is 10.1. The van der Waals surface area contributed by atoms with Gasteiger partial charge in [0.2, 0.25) is 5.91 Å².